The Balaban J connectivity index is 1.48. The van der Waals surface area contributed by atoms with Gasteiger partial charge in [0.2, 0.25) is 5.91 Å². The number of aryl methyl sites for hydroxylation is 1. The number of hydrogen-bond acceptors (Lipinski definition) is 8. The summed E-state index contributed by atoms with van der Waals surface area (Å²) in [6, 6.07) is 10.6. The molecule has 6 rings (SSSR count). The molecule has 0 saturated heterocycles. The average Bonchev–Trinajstić information content (AvgIpc) is 3.18. The van der Waals surface area contributed by atoms with Gasteiger partial charge in [-0.05, 0) is 98.2 Å². The summed E-state index contributed by atoms with van der Waals surface area (Å²) < 4.78 is 35.0. The predicted octanol–water partition coefficient (Wildman–Crippen LogP) is 3.51. The summed E-state index contributed by atoms with van der Waals surface area (Å²) in [5.41, 5.74) is 0.172. The number of nitrogens with zero attached hydrogens (tertiary/aromatic N) is 3. The quantitative estimate of drug-likeness (QED) is 0.411. The zero-order valence-corrected chi connectivity index (χ0v) is 30.1. The van der Waals surface area contributed by atoms with Crippen LogP contribution in [0.1, 0.15) is 62.1 Å². The Morgan fingerprint density at radius 1 is 1.16 bits per heavy atom. The van der Waals surface area contributed by atoms with Gasteiger partial charge in [-0.1, -0.05) is 35.9 Å². The van der Waals surface area contributed by atoms with Gasteiger partial charge in [0.05, 0.1) is 24.8 Å². The molecule has 2 aromatic carbocycles. The second-order valence-electron chi connectivity index (χ2n) is 14.6. The molecular formula is C36H47ClN4O7S. The average molecular weight is 715 g/mol. The van der Waals surface area contributed by atoms with Crippen LogP contribution in [0.3, 0.4) is 0 Å². The molecule has 1 fully saturated rings. The van der Waals surface area contributed by atoms with Gasteiger partial charge in [0.25, 0.3) is 5.91 Å². The Kier molecular flexibility index (Phi) is 9.84. The molecule has 266 valence electrons. The van der Waals surface area contributed by atoms with Crippen LogP contribution in [0.4, 0.5) is 5.69 Å². The number of fused-ring (bicyclic) bond motifs is 4. The van der Waals surface area contributed by atoms with Crippen LogP contribution in [0.15, 0.2) is 48.6 Å². The van der Waals surface area contributed by atoms with E-state index in [2.05, 4.69) is 11.0 Å². The van der Waals surface area contributed by atoms with Gasteiger partial charge in [0.15, 0.2) is 5.60 Å². The van der Waals surface area contributed by atoms with E-state index in [1.165, 1.54) is 36.2 Å². The van der Waals surface area contributed by atoms with Crippen LogP contribution in [-0.2, 0) is 37.2 Å². The van der Waals surface area contributed by atoms with Crippen molar-refractivity contribution in [2.75, 3.05) is 45.7 Å². The van der Waals surface area contributed by atoms with Crippen LogP contribution < -0.4 is 14.4 Å². The van der Waals surface area contributed by atoms with Gasteiger partial charge in [0.1, 0.15) is 5.75 Å². The number of aliphatic hydroxyl groups excluding tert-OH is 1. The first-order valence-corrected chi connectivity index (χ1v) is 18.8. The molecular weight excluding hydrogens is 668 g/mol. The lowest BCUT2D eigenvalue weighted by atomic mass is 9.68. The molecule has 2 bridgehead atoms. The Bertz CT molecular complexity index is 1750. The molecule has 2 amide bonds. The SMILES string of the molecule is C[C@H]1C/C=C/[C@H](O)[C@@H]2CC[C@H]2CN2C[C@@]3(CCCc4cc(Cl)ccc43)COc3ccc(cc32)[C@@](O)(C(=O)NS(=O)(=O)N(C)C)CC(=O)N1C. The van der Waals surface area contributed by atoms with Crippen LogP contribution in [0.5, 0.6) is 5.75 Å². The van der Waals surface area contributed by atoms with Crippen LogP contribution in [0.2, 0.25) is 5.02 Å². The second kappa shape index (κ2) is 13.5. The lowest BCUT2D eigenvalue weighted by molar-refractivity contribution is -0.149. The topological polar surface area (TPSA) is 140 Å². The van der Waals surface area contributed by atoms with E-state index < -0.39 is 40.1 Å². The van der Waals surface area contributed by atoms with Crippen molar-refractivity contribution in [2.24, 2.45) is 11.8 Å². The third-order valence-corrected chi connectivity index (χ3v) is 12.9. The third-order valence-electron chi connectivity index (χ3n) is 11.2. The summed E-state index contributed by atoms with van der Waals surface area (Å²) in [7, 11) is -0.183. The van der Waals surface area contributed by atoms with E-state index in [0.29, 0.717) is 42.6 Å². The maximum absolute atomic E-state index is 13.9. The van der Waals surface area contributed by atoms with E-state index in [-0.39, 0.29) is 28.9 Å². The summed E-state index contributed by atoms with van der Waals surface area (Å²) in [6.45, 7) is 3.41. The summed E-state index contributed by atoms with van der Waals surface area (Å²) in [4.78, 5) is 31.2. The van der Waals surface area contributed by atoms with Gasteiger partial charge in [-0.3, -0.25) is 9.59 Å². The number of halogens is 1. The summed E-state index contributed by atoms with van der Waals surface area (Å²) >= 11 is 6.42. The lowest BCUT2D eigenvalue weighted by Gasteiger charge is -2.45. The minimum absolute atomic E-state index is 0.0435. The molecule has 1 spiro atoms. The predicted molar refractivity (Wildman–Crippen MR) is 188 cm³/mol. The number of ether oxygens (including phenoxy) is 1. The first-order chi connectivity index (χ1) is 23.1. The van der Waals surface area contributed by atoms with E-state index in [1.54, 1.807) is 19.2 Å². The molecule has 2 aliphatic carbocycles. The molecule has 2 aliphatic heterocycles. The number of rotatable bonds is 3. The van der Waals surface area contributed by atoms with E-state index in [4.69, 9.17) is 16.3 Å². The molecule has 3 N–H and O–H groups in total. The minimum Gasteiger partial charge on any atom is -0.490 e. The summed E-state index contributed by atoms with van der Waals surface area (Å²) in [5, 5.41) is 24.2. The molecule has 0 radical (unpaired) electrons. The fourth-order valence-corrected chi connectivity index (χ4v) is 8.62. The molecule has 6 atom stereocenters. The van der Waals surface area contributed by atoms with Crippen LogP contribution in [0.25, 0.3) is 0 Å². The van der Waals surface area contributed by atoms with Gasteiger partial charge in [0, 0.05) is 50.7 Å². The largest absolute Gasteiger partial charge is 0.490 e. The number of nitrogens with one attached hydrogen (secondary N) is 1. The second-order valence-corrected chi connectivity index (χ2v) is 16.9. The Hall–Kier alpha value is -3.16. The van der Waals surface area contributed by atoms with Crippen molar-refractivity contribution in [1.29, 1.82) is 0 Å². The van der Waals surface area contributed by atoms with Gasteiger partial charge in [-0.15, -0.1) is 0 Å². The van der Waals surface area contributed by atoms with Crippen molar-refractivity contribution in [3.05, 3.63) is 70.3 Å². The zero-order chi connectivity index (χ0) is 35.3. The standard InChI is InChI=1S/C36H47ClN4O7S/c1-23-7-5-9-31(42)28-13-10-25(28)20-41-21-35(16-6-8-24-17-27(37)12-14-29(24)35)22-48-32-15-11-26(18-30(32)41)36(45,19-33(43)40(23)4)34(44)38-49(46,47)39(2)3/h5,9,11-12,14-15,17-18,23,25,28,31,42,45H,6-8,10,13,16,19-22H2,1-4H3,(H,38,44)/b9-5+/t23-,25-,28+,31-,35-,36+/m0/s1. The van der Waals surface area contributed by atoms with Crippen LogP contribution in [0, 0.1) is 11.8 Å². The van der Waals surface area contributed by atoms with E-state index in [0.717, 1.165) is 36.4 Å². The molecule has 0 aromatic heterocycles. The van der Waals surface area contributed by atoms with Gasteiger partial charge >= 0.3 is 10.2 Å². The number of benzene rings is 2. The summed E-state index contributed by atoms with van der Waals surface area (Å²) in [5.74, 6) is -1.01. The highest BCUT2D eigenvalue weighted by Crippen LogP contribution is 2.47. The zero-order valence-electron chi connectivity index (χ0n) is 28.6. The molecule has 11 nitrogen and oxygen atoms in total. The smallest absolute Gasteiger partial charge is 0.303 e. The van der Waals surface area contributed by atoms with E-state index in [9.17, 15) is 28.2 Å². The monoisotopic (exact) mass is 714 g/mol. The molecule has 13 heteroatoms. The number of hydrogen-bond donors (Lipinski definition) is 3. The highest BCUT2D eigenvalue weighted by molar-refractivity contribution is 7.87. The molecule has 4 aliphatic rings. The fourth-order valence-electron chi connectivity index (χ4n) is 7.84. The Morgan fingerprint density at radius 3 is 2.65 bits per heavy atom. The maximum Gasteiger partial charge on any atom is 0.303 e. The highest BCUT2D eigenvalue weighted by atomic mass is 35.5. The van der Waals surface area contributed by atoms with Crippen molar-refractivity contribution >= 4 is 39.3 Å². The summed E-state index contributed by atoms with van der Waals surface area (Å²) in [6.07, 6.45) is 7.38. The van der Waals surface area contributed by atoms with Crippen molar-refractivity contribution in [2.45, 2.75) is 75.0 Å². The van der Waals surface area contributed by atoms with Gasteiger partial charge in [-0.25, -0.2) is 4.72 Å². The van der Waals surface area contributed by atoms with Gasteiger partial charge < -0.3 is 24.7 Å². The number of anilines is 1. The number of carbonyl (C=O) groups excluding carboxylic acids is 2. The first kappa shape index (κ1) is 35.7. The third kappa shape index (κ3) is 6.82. The first-order valence-electron chi connectivity index (χ1n) is 17.0. The van der Waals surface area contributed by atoms with Gasteiger partial charge in [-0.2, -0.15) is 12.7 Å². The van der Waals surface area contributed by atoms with Crippen molar-refractivity contribution in [1.82, 2.24) is 13.9 Å². The Labute approximate surface area is 294 Å². The number of aliphatic hydroxyl groups is 2. The van der Waals surface area contributed by atoms with Crippen molar-refractivity contribution in [3.8, 4) is 5.75 Å². The maximum atomic E-state index is 13.9. The minimum atomic E-state index is -4.30. The van der Waals surface area contributed by atoms with Crippen LogP contribution >= 0.6 is 11.6 Å². The lowest BCUT2D eigenvalue weighted by Crippen LogP contribution is -2.52. The molecule has 2 aromatic rings. The van der Waals surface area contributed by atoms with E-state index in [1.807, 2.05) is 35.9 Å². The molecule has 0 unspecified atom stereocenters. The van der Waals surface area contributed by atoms with E-state index >= 15 is 0 Å². The molecule has 49 heavy (non-hydrogen) atoms. The number of amides is 2. The van der Waals surface area contributed by atoms with Crippen molar-refractivity contribution in [3.63, 3.8) is 0 Å². The fraction of sp³-hybridized carbons (Fsp3) is 0.556. The normalized spacial score (nSPS) is 31.2. The molecule has 1 saturated carbocycles. The highest BCUT2D eigenvalue weighted by Gasteiger charge is 2.47. The van der Waals surface area contributed by atoms with Crippen molar-refractivity contribution < 1.29 is 33.0 Å². The van der Waals surface area contributed by atoms with Crippen LogP contribution in [-0.4, -0.2) is 92.6 Å². The number of carbonyl (C=O) groups is 2. The molecule has 2 heterocycles. The Morgan fingerprint density at radius 2 is 1.94 bits per heavy atom.